The molecule has 1 saturated heterocycles. The average molecular weight is 323 g/mol. The fourth-order valence-electron chi connectivity index (χ4n) is 4.40. The second kappa shape index (κ2) is 8.29. The van der Waals surface area contributed by atoms with Crippen LogP contribution in [0.3, 0.4) is 0 Å². The van der Waals surface area contributed by atoms with Gasteiger partial charge in [0.05, 0.1) is 12.2 Å². The lowest BCUT2D eigenvalue weighted by Crippen LogP contribution is -2.43. The van der Waals surface area contributed by atoms with Gasteiger partial charge < -0.3 is 14.7 Å². The number of methoxy groups -OCH3 is 1. The number of amides is 1. The molecular formula is C19H33NO3. The largest absolute Gasteiger partial charge is 0.390 e. The van der Waals surface area contributed by atoms with Crippen molar-refractivity contribution in [3.05, 3.63) is 11.6 Å². The molecule has 1 heterocycles. The average Bonchev–Trinajstić information content (AvgIpc) is 2.48. The minimum Gasteiger partial charge on any atom is -0.390 e. The van der Waals surface area contributed by atoms with Gasteiger partial charge in [-0.1, -0.05) is 11.6 Å². The molecule has 1 saturated carbocycles. The molecule has 0 bridgehead atoms. The summed E-state index contributed by atoms with van der Waals surface area (Å²) in [4.78, 5) is 13.6. The molecule has 2 aliphatic rings. The number of likely N-dealkylation sites (tertiary alicyclic amines) is 1. The smallest absolute Gasteiger partial charge is 0.219 e. The Balaban J connectivity index is 1.84. The molecule has 0 aromatic heterocycles. The Kier molecular flexibility index (Phi) is 6.66. The minimum atomic E-state index is -0.304. The molecule has 132 valence electrons. The van der Waals surface area contributed by atoms with E-state index in [1.165, 1.54) is 5.57 Å². The molecule has 1 amide bonds. The highest BCUT2D eigenvalue weighted by molar-refractivity contribution is 5.73. The maximum absolute atomic E-state index is 11.6. The summed E-state index contributed by atoms with van der Waals surface area (Å²) in [7, 11) is 1.69. The van der Waals surface area contributed by atoms with Crippen LogP contribution in [0.4, 0.5) is 0 Å². The predicted molar refractivity (Wildman–Crippen MR) is 92.1 cm³/mol. The number of rotatable bonds is 4. The monoisotopic (exact) mass is 323 g/mol. The Morgan fingerprint density at radius 3 is 2.61 bits per heavy atom. The SMILES string of the molecule is COC1CC(C=C(C)CC2CCN(C(C)=O)C(C)C2)CCC1O. The first-order valence-electron chi connectivity index (χ1n) is 9.06. The lowest BCUT2D eigenvalue weighted by atomic mass is 9.82. The van der Waals surface area contributed by atoms with Gasteiger partial charge >= 0.3 is 0 Å². The van der Waals surface area contributed by atoms with Crippen molar-refractivity contribution in [3.63, 3.8) is 0 Å². The standard InChI is InChI=1S/C19H33NO3/c1-13(9-16-5-6-18(22)19(12-16)23-4)10-17-7-8-20(15(3)21)14(2)11-17/h9,14,16-19,22H,5-8,10-12H2,1-4H3. The summed E-state index contributed by atoms with van der Waals surface area (Å²) in [6.45, 7) is 6.97. The first-order valence-corrected chi connectivity index (χ1v) is 9.06. The molecule has 1 aliphatic heterocycles. The van der Waals surface area contributed by atoms with E-state index in [0.29, 0.717) is 17.9 Å². The zero-order chi connectivity index (χ0) is 17.0. The summed E-state index contributed by atoms with van der Waals surface area (Å²) in [5, 5.41) is 9.90. The van der Waals surface area contributed by atoms with Crippen molar-refractivity contribution in [2.24, 2.45) is 11.8 Å². The molecule has 2 rings (SSSR count). The van der Waals surface area contributed by atoms with E-state index >= 15 is 0 Å². The zero-order valence-corrected chi connectivity index (χ0v) is 15.1. The van der Waals surface area contributed by atoms with Crippen LogP contribution < -0.4 is 0 Å². The highest BCUT2D eigenvalue weighted by atomic mass is 16.5. The molecule has 0 aromatic rings. The van der Waals surface area contributed by atoms with Crippen LogP contribution in [-0.4, -0.2) is 47.8 Å². The summed E-state index contributed by atoms with van der Waals surface area (Å²) < 4.78 is 5.40. The van der Waals surface area contributed by atoms with Crippen LogP contribution in [0.5, 0.6) is 0 Å². The van der Waals surface area contributed by atoms with Gasteiger partial charge in [-0.15, -0.1) is 0 Å². The van der Waals surface area contributed by atoms with Crippen LogP contribution in [0, 0.1) is 11.8 Å². The van der Waals surface area contributed by atoms with Gasteiger partial charge in [0.1, 0.15) is 0 Å². The van der Waals surface area contributed by atoms with Gasteiger partial charge in [-0.2, -0.15) is 0 Å². The number of piperidine rings is 1. The Labute approximate surface area is 140 Å². The summed E-state index contributed by atoms with van der Waals surface area (Å²) in [5.74, 6) is 1.41. The number of allylic oxidation sites excluding steroid dienone is 2. The number of aliphatic hydroxyl groups is 1. The summed E-state index contributed by atoms with van der Waals surface area (Å²) >= 11 is 0. The Hall–Kier alpha value is -0.870. The van der Waals surface area contributed by atoms with E-state index in [9.17, 15) is 9.90 Å². The van der Waals surface area contributed by atoms with Crippen molar-refractivity contribution >= 4 is 5.91 Å². The third-order valence-electron chi connectivity index (χ3n) is 5.62. The van der Waals surface area contributed by atoms with Crippen molar-refractivity contribution in [1.29, 1.82) is 0 Å². The summed E-state index contributed by atoms with van der Waals surface area (Å²) in [6, 6.07) is 0.363. The second-order valence-electron chi connectivity index (χ2n) is 7.58. The molecule has 4 nitrogen and oxygen atoms in total. The molecule has 0 spiro atoms. The Bertz CT molecular complexity index is 434. The van der Waals surface area contributed by atoms with Gasteiger partial charge in [0, 0.05) is 26.6 Å². The highest BCUT2D eigenvalue weighted by Gasteiger charge is 2.29. The van der Waals surface area contributed by atoms with Crippen LogP contribution in [-0.2, 0) is 9.53 Å². The van der Waals surface area contributed by atoms with Gasteiger partial charge in [0.15, 0.2) is 0 Å². The van der Waals surface area contributed by atoms with E-state index < -0.39 is 0 Å². The molecule has 5 unspecified atom stereocenters. The lowest BCUT2D eigenvalue weighted by Gasteiger charge is -2.37. The molecule has 0 radical (unpaired) electrons. The maximum Gasteiger partial charge on any atom is 0.219 e. The second-order valence-corrected chi connectivity index (χ2v) is 7.58. The van der Waals surface area contributed by atoms with Crippen molar-refractivity contribution < 1.29 is 14.6 Å². The van der Waals surface area contributed by atoms with E-state index in [1.807, 2.05) is 4.90 Å². The van der Waals surface area contributed by atoms with Crippen molar-refractivity contribution in [2.75, 3.05) is 13.7 Å². The van der Waals surface area contributed by atoms with Crippen molar-refractivity contribution in [1.82, 2.24) is 4.90 Å². The Morgan fingerprint density at radius 2 is 2.00 bits per heavy atom. The first kappa shape index (κ1) is 18.5. The quantitative estimate of drug-likeness (QED) is 0.809. The number of nitrogens with zero attached hydrogens (tertiary/aromatic N) is 1. The van der Waals surface area contributed by atoms with Gasteiger partial charge in [0.25, 0.3) is 0 Å². The van der Waals surface area contributed by atoms with E-state index in [-0.39, 0.29) is 18.1 Å². The number of hydrogen-bond donors (Lipinski definition) is 1. The fraction of sp³-hybridized carbons (Fsp3) is 0.842. The molecule has 23 heavy (non-hydrogen) atoms. The molecule has 5 atom stereocenters. The molecular weight excluding hydrogens is 290 g/mol. The third-order valence-corrected chi connectivity index (χ3v) is 5.62. The zero-order valence-electron chi connectivity index (χ0n) is 15.1. The van der Waals surface area contributed by atoms with Gasteiger partial charge in [0.2, 0.25) is 5.91 Å². The topological polar surface area (TPSA) is 49.8 Å². The number of carbonyl (C=O) groups is 1. The van der Waals surface area contributed by atoms with Crippen LogP contribution in [0.2, 0.25) is 0 Å². The van der Waals surface area contributed by atoms with E-state index in [1.54, 1.807) is 14.0 Å². The summed E-state index contributed by atoms with van der Waals surface area (Å²) in [6.07, 6.45) is 8.24. The molecule has 1 aliphatic carbocycles. The van der Waals surface area contributed by atoms with Crippen molar-refractivity contribution in [2.45, 2.75) is 77.5 Å². The van der Waals surface area contributed by atoms with Crippen LogP contribution in [0.15, 0.2) is 11.6 Å². The number of ether oxygens (including phenoxy) is 1. The summed E-state index contributed by atoms with van der Waals surface area (Å²) in [5.41, 5.74) is 1.45. The number of hydrogen-bond acceptors (Lipinski definition) is 3. The van der Waals surface area contributed by atoms with Crippen LogP contribution in [0.25, 0.3) is 0 Å². The highest BCUT2D eigenvalue weighted by Crippen LogP contribution is 2.31. The lowest BCUT2D eigenvalue weighted by molar-refractivity contribution is -0.132. The van der Waals surface area contributed by atoms with E-state index in [0.717, 1.165) is 45.1 Å². The van der Waals surface area contributed by atoms with Gasteiger partial charge in [-0.3, -0.25) is 4.79 Å². The third kappa shape index (κ3) is 5.05. The fourth-order valence-corrected chi connectivity index (χ4v) is 4.40. The first-order chi connectivity index (χ1) is 10.9. The van der Waals surface area contributed by atoms with Crippen LogP contribution >= 0.6 is 0 Å². The van der Waals surface area contributed by atoms with Gasteiger partial charge in [-0.05, 0) is 64.2 Å². The normalized spacial score (nSPS) is 36.1. The van der Waals surface area contributed by atoms with Gasteiger partial charge in [-0.25, -0.2) is 0 Å². The minimum absolute atomic E-state index is 0.0170. The predicted octanol–water partition coefficient (Wildman–Crippen LogP) is 3.15. The number of aliphatic hydroxyl groups excluding tert-OH is 1. The van der Waals surface area contributed by atoms with E-state index in [2.05, 4.69) is 19.9 Å². The Morgan fingerprint density at radius 1 is 1.26 bits per heavy atom. The van der Waals surface area contributed by atoms with Crippen LogP contribution in [0.1, 0.15) is 59.3 Å². The van der Waals surface area contributed by atoms with E-state index in [4.69, 9.17) is 4.74 Å². The molecule has 1 N–H and O–H groups in total. The van der Waals surface area contributed by atoms with Crippen molar-refractivity contribution in [3.8, 4) is 0 Å². The maximum atomic E-state index is 11.6. The number of carbonyl (C=O) groups excluding carboxylic acids is 1. The molecule has 2 fully saturated rings. The molecule has 4 heteroatoms. The molecule has 0 aromatic carbocycles.